The Morgan fingerprint density at radius 3 is 2.63 bits per heavy atom. The Balaban J connectivity index is 1.20. The molecule has 30 heavy (non-hydrogen) atoms. The number of benzene rings is 1. The van der Waals surface area contributed by atoms with E-state index in [0.717, 1.165) is 49.6 Å². The number of rotatable bonds is 7. The summed E-state index contributed by atoms with van der Waals surface area (Å²) in [6.07, 6.45) is 4.80. The maximum atomic E-state index is 13.0. The van der Waals surface area contributed by atoms with Gasteiger partial charge in [0.2, 0.25) is 5.91 Å². The summed E-state index contributed by atoms with van der Waals surface area (Å²) in [7, 11) is 0. The molecule has 1 aromatic carbocycles. The second kappa shape index (κ2) is 9.36. The standard InChI is InChI=1S/C23H28FN5O/c1-18(23(30)25-10-9-19-5-7-20(24)8-6-19)28-14-12-27(13-15-28)16-21-17-29-11-3-2-4-22(29)26-21/h2-8,11,17-18H,9-10,12-16H2,1H3,(H,25,30). The number of nitrogens with one attached hydrogen (secondary N) is 1. The third-order valence-electron chi connectivity index (χ3n) is 5.76. The Kier molecular flexibility index (Phi) is 6.40. The number of carbonyl (C=O) groups excluding carboxylic acids is 1. The van der Waals surface area contributed by atoms with Crippen LogP contribution in [0.15, 0.2) is 54.9 Å². The van der Waals surface area contributed by atoms with Gasteiger partial charge in [0, 0.05) is 51.7 Å². The molecule has 7 heteroatoms. The predicted octanol–water partition coefficient (Wildman–Crippen LogP) is 2.34. The van der Waals surface area contributed by atoms with Gasteiger partial charge < -0.3 is 9.72 Å². The number of halogens is 1. The van der Waals surface area contributed by atoms with Crippen LogP contribution in [0.1, 0.15) is 18.2 Å². The third kappa shape index (κ3) is 5.04. The average molecular weight is 410 g/mol. The van der Waals surface area contributed by atoms with E-state index in [-0.39, 0.29) is 17.8 Å². The monoisotopic (exact) mass is 409 g/mol. The van der Waals surface area contributed by atoms with Gasteiger partial charge in [0.05, 0.1) is 11.7 Å². The second-order valence-corrected chi connectivity index (χ2v) is 7.85. The number of aromatic nitrogens is 2. The van der Waals surface area contributed by atoms with E-state index in [1.54, 1.807) is 12.1 Å². The molecular weight excluding hydrogens is 381 g/mol. The summed E-state index contributed by atoms with van der Waals surface area (Å²) in [6, 6.07) is 12.3. The molecule has 1 amide bonds. The maximum absolute atomic E-state index is 13.0. The van der Waals surface area contributed by atoms with Gasteiger partial charge in [0.1, 0.15) is 11.5 Å². The van der Waals surface area contributed by atoms with Gasteiger partial charge in [-0.25, -0.2) is 9.37 Å². The first-order valence-corrected chi connectivity index (χ1v) is 10.5. The van der Waals surface area contributed by atoms with E-state index in [0.29, 0.717) is 13.0 Å². The van der Waals surface area contributed by atoms with Crippen molar-refractivity contribution >= 4 is 11.6 Å². The number of piperazine rings is 1. The summed E-state index contributed by atoms with van der Waals surface area (Å²) in [5, 5.41) is 3.01. The highest BCUT2D eigenvalue weighted by Gasteiger charge is 2.25. The van der Waals surface area contributed by atoms with Crippen LogP contribution in [0.5, 0.6) is 0 Å². The smallest absolute Gasteiger partial charge is 0.237 e. The minimum Gasteiger partial charge on any atom is -0.354 e. The van der Waals surface area contributed by atoms with E-state index in [2.05, 4.69) is 26.3 Å². The van der Waals surface area contributed by atoms with Crippen molar-refractivity contribution < 1.29 is 9.18 Å². The highest BCUT2D eigenvalue weighted by atomic mass is 19.1. The summed E-state index contributed by atoms with van der Waals surface area (Å²) in [4.78, 5) is 21.8. The molecular formula is C23H28FN5O. The molecule has 1 aliphatic rings. The van der Waals surface area contributed by atoms with Crippen molar-refractivity contribution in [3.63, 3.8) is 0 Å². The molecule has 0 aliphatic carbocycles. The lowest BCUT2D eigenvalue weighted by atomic mass is 10.1. The molecule has 0 saturated carbocycles. The zero-order valence-electron chi connectivity index (χ0n) is 17.3. The van der Waals surface area contributed by atoms with Gasteiger partial charge in [-0.15, -0.1) is 0 Å². The van der Waals surface area contributed by atoms with Crippen molar-refractivity contribution in [1.82, 2.24) is 24.5 Å². The molecule has 0 bridgehead atoms. The van der Waals surface area contributed by atoms with Gasteiger partial charge in [-0.05, 0) is 43.2 Å². The molecule has 1 saturated heterocycles. The lowest BCUT2D eigenvalue weighted by Gasteiger charge is -2.37. The molecule has 1 unspecified atom stereocenters. The quantitative estimate of drug-likeness (QED) is 0.651. The van der Waals surface area contributed by atoms with Crippen molar-refractivity contribution in [2.45, 2.75) is 25.9 Å². The predicted molar refractivity (Wildman–Crippen MR) is 115 cm³/mol. The summed E-state index contributed by atoms with van der Waals surface area (Å²) in [5.74, 6) is -0.192. The molecule has 1 atom stereocenters. The topological polar surface area (TPSA) is 52.9 Å². The molecule has 158 valence electrons. The fourth-order valence-electron chi connectivity index (χ4n) is 3.90. The minimum absolute atomic E-state index is 0.0471. The van der Waals surface area contributed by atoms with Crippen molar-refractivity contribution in [1.29, 1.82) is 0 Å². The molecule has 4 rings (SSSR count). The fourth-order valence-corrected chi connectivity index (χ4v) is 3.90. The number of hydrogen-bond acceptors (Lipinski definition) is 4. The average Bonchev–Trinajstić information content (AvgIpc) is 3.17. The van der Waals surface area contributed by atoms with Gasteiger partial charge in [-0.3, -0.25) is 14.6 Å². The highest BCUT2D eigenvalue weighted by molar-refractivity contribution is 5.81. The Labute approximate surface area is 176 Å². The number of hydrogen-bond donors (Lipinski definition) is 1. The molecule has 3 heterocycles. The molecule has 1 fully saturated rings. The zero-order chi connectivity index (χ0) is 20.9. The molecule has 6 nitrogen and oxygen atoms in total. The van der Waals surface area contributed by atoms with Gasteiger partial charge in [0.25, 0.3) is 0 Å². The van der Waals surface area contributed by atoms with Gasteiger partial charge in [-0.1, -0.05) is 18.2 Å². The summed E-state index contributed by atoms with van der Waals surface area (Å²) in [6.45, 7) is 6.91. The van der Waals surface area contributed by atoms with E-state index < -0.39 is 0 Å². The largest absolute Gasteiger partial charge is 0.354 e. The number of fused-ring (bicyclic) bond motifs is 1. The van der Waals surface area contributed by atoms with Gasteiger partial charge in [-0.2, -0.15) is 0 Å². The van der Waals surface area contributed by atoms with Crippen LogP contribution >= 0.6 is 0 Å². The molecule has 1 N–H and O–H groups in total. The number of nitrogens with zero attached hydrogens (tertiary/aromatic N) is 4. The normalized spacial score (nSPS) is 16.6. The van der Waals surface area contributed by atoms with Crippen LogP contribution in [0.4, 0.5) is 4.39 Å². The van der Waals surface area contributed by atoms with E-state index in [1.807, 2.05) is 35.7 Å². The number of pyridine rings is 1. The number of carbonyl (C=O) groups is 1. The van der Waals surface area contributed by atoms with Crippen LogP contribution < -0.4 is 5.32 Å². The first-order valence-electron chi connectivity index (χ1n) is 10.5. The molecule has 3 aromatic rings. The molecule has 0 spiro atoms. The Morgan fingerprint density at radius 1 is 1.13 bits per heavy atom. The number of imidazole rings is 1. The first kappa shape index (κ1) is 20.5. The fraction of sp³-hybridized carbons (Fsp3) is 0.391. The van der Waals surface area contributed by atoms with Crippen molar-refractivity contribution in [2.75, 3.05) is 32.7 Å². The Morgan fingerprint density at radius 2 is 1.90 bits per heavy atom. The lowest BCUT2D eigenvalue weighted by molar-refractivity contribution is -0.126. The maximum Gasteiger partial charge on any atom is 0.237 e. The van der Waals surface area contributed by atoms with E-state index in [9.17, 15) is 9.18 Å². The summed E-state index contributed by atoms with van der Waals surface area (Å²) >= 11 is 0. The molecule has 1 aliphatic heterocycles. The van der Waals surface area contributed by atoms with Crippen LogP contribution in [0.25, 0.3) is 5.65 Å². The Hall–Kier alpha value is -2.77. The van der Waals surface area contributed by atoms with Gasteiger partial charge in [0.15, 0.2) is 0 Å². The van der Waals surface area contributed by atoms with Crippen LogP contribution in [0.2, 0.25) is 0 Å². The Bertz CT molecular complexity index is 946. The zero-order valence-corrected chi connectivity index (χ0v) is 17.3. The summed E-state index contributed by atoms with van der Waals surface area (Å²) < 4.78 is 15.0. The third-order valence-corrected chi connectivity index (χ3v) is 5.76. The second-order valence-electron chi connectivity index (χ2n) is 7.85. The summed E-state index contributed by atoms with van der Waals surface area (Å²) in [5.41, 5.74) is 3.06. The van der Waals surface area contributed by atoms with Crippen molar-refractivity contribution in [2.24, 2.45) is 0 Å². The van der Waals surface area contributed by atoms with Crippen molar-refractivity contribution in [3.05, 3.63) is 71.9 Å². The van der Waals surface area contributed by atoms with E-state index in [1.165, 1.54) is 12.1 Å². The first-order chi connectivity index (χ1) is 14.6. The van der Waals surface area contributed by atoms with Crippen LogP contribution in [-0.2, 0) is 17.8 Å². The van der Waals surface area contributed by atoms with Crippen molar-refractivity contribution in [3.8, 4) is 0 Å². The highest BCUT2D eigenvalue weighted by Crippen LogP contribution is 2.12. The van der Waals surface area contributed by atoms with E-state index in [4.69, 9.17) is 0 Å². The molecule has 0 radical (unpaired) electrons. The lowest BCUT2D eigenvalue weighted by Crippen LogP contribution is -2.53. The number of amides is 1. The van der Waals surface area contributed by atoms with E-state index >= 15 is 0 Å². The van der Waals surface area contributed by atoms with Crippen LogP contribution in [-0.4, -0.2) is 63.9 Å². The van der Waals surface area contributed by atoms with Crippen LogP contribution in [0, 0.1) is 5.82 Å². The van der Waals surface area contributed by atoms with Gasteiger partial charge >= 0.3 is 0 Å². The SMILES string of the molecule is CC(C(=O)NCCc1ccc(F)cc1)N1CCN(Cc2cn3ccccc3n2)CC1. The molecule has 2 aromatic heterocycles. The van der Waals surface area contributed by atoms with Crippen LogP contribution in [0.3, 0.4) is 0 Å². The minimum atomic E-state index is -0.239.